The van der Waals surface area contributed by atoms with Gasteiger partial charge in [0.2, 0.25) is 0 Å². The molecule has 3 aromatic rings. The molecule has 2 aromatic carbocycles. The van der Waals surface area contributed by atoms with E-state index < -0.39 is 18.6 Å². The molecule has 0 saturated carbocycles. The standard InChI is InChI=1S/C25H32BN3O4/c1-25(2,3)33-24(31)19(14-18-8-6-5-7-9-18)15-21(30)12-13-27-20-10-11-22-23(16-20)29(17-28-22)26(4)32/h5-11,16-17,19,27,32H,12-15H2,1-4H3. The molecule has 0 radical (unpaired) electrons. The molecule has 33 heavy (non-hydrogen) atoms. The summed E-state index contributed by atoms with van der Waals surface area (Å²) in [5, 5.41) is 13.1. The molecule has 0 fully saturated rings. The van der Waals surface area contributed by atoms with Gasteiger partial charge in [0.05, 0.1) is 23.3 Å². The topological polar surface area (TPSA) is 93.5 Å². The molecule has 0 aliphatic carbocycles. The van der Waals surface area contributed by atoms with Crippen LogP contribution >= 0.6 is 0 Å². The SMILES string of the molecule is CB(O)n1cnc2ccc(NCCC(=O)CC(Cc3ccccc3)C(=O)OC(C)(C)C)cc21. The summed E-state index contributed by atoms with van der Waals surface area (Å²) in [5.41, 5.74) is 2.84. The first-order valence-corrected chi connectivity index (χ1v) is 11.3. The zero-order valence-corrected chi connectivity index (χ0v) is 19.7. The molecule has 0 saturated heterocycles. The van der Waals surface area contributed by atoms with E-state index in [-0.39, 0.29) is 18.2 Å². The van der Waals surface area contributed by atoms with Gasteiger partial charge >= 0.3 is 13.0 Å². The summed E-state index contributed by atoms with van der Waals surface area (Å²) in [7, 11) is -0.679. The second-order valence-electron chi connectivity index (χ2n) is 9.33. The Morgan fingerprint density at radius 1 is 1.18 bits per heavy atom. The first-order valence-electron chi connectivity index (χ1n) is 11.3. The number of anilines is 1. The van der Waals surface area contributed by atoms with E-state index in [4.69, 9.17) is 4.74 Å². The van der Waals surface area contributed by atoms with Crippen molar-refractivity contribution in [1.82, 2.24) is 9.46 Å². The van der Waals surface area contributed by atoms with Gasteiger partial charge in [-0.1, -0.05) is 30.3 Å². The van der Waals surface area contributed by atoms with Crippen LogP contribution in [0.2, 0.25) is 6.82 Å². The van der Waals surface area contributed by atoms with E-state index in [2.05, 4.69) is 10.3 Å². The highest BCUT2D eigenvalue weighted by Gasteiger charge is 2.27. The number of hydrogen-bond donors (Lipinski definition) is 2. The molecule has 0 bridgehead atoms. The van der Waals surface area contributed by atoms with Gasteiger partial charge in [-0.25, -0.2) is 4.98 Å². The van der Waals surface area contributed by atoms with Gasteiger partial charge in [-0.05, 0) is 57.8 Å². The molecule has 0 spiro atoms. The molecule has 0 amide bonds. The number of hydrogen-bond acceptors (Lipinski definition) is 6. The van der Waals surface area contributed by atoms with Crippen molar-refractivity contribution in [3.8, 4) is 0 Å². The second-order valence-corrected chi connectivity index (χ2v) is 9.33. The average molecular weight is 449 g/mol. The normalized spacial score (nSPS) is 12.4. The molecule has 174 valence electrons. The van der Waals surface area contributed by atoms with Crippen LogP contribution in [0.15, 0.2) is 54.9 Å². The Bertz CT molecular complexity index is 1090. The molecule has 1 heterocycles. The van der Waals surface area contributed by atoms with Crippen LogP contribution in [0.1, 0.15) is 39.2 Å². The number of rotatable bonds is 10. The highest BCUT2D eigenvalue weighted by molar-refractivity contribution is 6.48. The van der Waals surface area contributed by atoms with Gasteiger partial charge in [0.1, 0.15) is 11.4 Å². The van der Waals surface area contributed by atoms with E-state index >= 15 is 0 Å². The van der Waals surface area contributed by atoms with Crippen LogP contribution in [0.5, 0.6) is 0 Å². The van der Waals surface area contributed by atoms with E-state index in [9.17, 15) is 14.6 Å². The maximum atomic E-state index is 12.8. The number of benzene rings is 2. The van der Waals surface area contributed by atoms with Gasteiger partial charge in [0, 0.05) is 25.1 Å². The van der Waals surface area contributed by atoms with E-state index in [1.54, 1.807) is 17.6 Å². The minimum absolute atomic E-state index is 0.00407. The van der Waals surface area contributed by atoms with Crippen molar-refractivity contribution >= 4 is 35.5 Å². The number of esters is 1. The van der Waals surface area contributed by atoms with Gasteiger partial charge < -0.3 is 19.6 Å². The Morgan fingerprint density at radius 2 is 1.91 bits per heavy atom. The zero-order chi connectivity index (χ0) is 24.0. The molecule has 0 aliphatic rings. The number of fused-ring (bicyclic) bond motifs is 1. The summed E-state index contributed by atoms with van der Waals surface area (Å²) in [6.45, 7) is 7.61. The largest absolute Gasteiger partial charge is 0.460 e. The quantitative estimate of drug-likeness (QED) is 0.360. The van der Waals surface area contributed by atoms with Crippen LogP contribution in [0.25, 0.3) is 11.0 Å². The molecule has 7 nitrogen and oxygen atoms in total. The molecule has 8 heteroatoms. The Balaban J connectivity index is 1.59. The predicted molar refractivity (Wildman–Crippen MR) is 131 cm³/mol. The average Bonchev–Trinajstić information content (AvgIpc) is 3.16. The molecular formula is C25H32BN3O4. The van der Waals surface area contributed by atoms with Crippen LogP contribution in [-0.4, -0.2) is 45.4 Å². The van der Waals surface area contributed by atoms with Crippen molar-refractivity contribution in [1.29, 1.82) is 0 Å². The fourth-order valence-electron chi connectivity index (χ4n) is 3.68. The van der Waals surface area contributed by atoms with Crippen molar-refractivity contribution in [2.24, 2.45) is 5.92 Å². The Labute approximate surface area is 195 Å². The number of nitrogens with one attached hydrogen (secondary N) is 1. The highest BCUT2D eigenvalue weighted by atomic mass is 16.6. The lowest BCUT2D eigenvalue weighted by molar-refractivity contribution is -0.161. The summed E-state index contributed by atoms with van der Waals surface area (Å²) < 4.78 is 7.26. The molecule has 0 aliphatic heterocycles. The Hall–Kier alpha value is -3.13. The van der Waals surface area contributed by atoms with Crippen LogP contribution in [0.4, 0.5) is 5.69 Å². The predicted octanol–water partition coefficient (Wildman–Crippen LogP) is 3.96. The fourth-order valence-corrected chi connectivity index (χ4v) is 3.68. The third-order valence-corrected chi connectivity index (χ3v) is 5.25. The summed E-state index contributed by atoms with van der Waals surface area (Å²) in [4.78, 5) is 29.8. The lowest BCUT2D eigenvalue weighted by Gasteiger charge is -2.24. The molecule has 2 N–H and O–H groups in total. The van der Waals surface area contributed by atoms with Gasteiger partial charge in [-0.3, -0.25) is 9.59 Å². The minimum Gasteiger partial charge on any atom is -0.460 e. The first kappa shape index (κ1) is 24.5. The molecule has 3 rings (SSSR count). The van der Waals surface area contributed by atoms with E-state index in [1.165, 1.54) is 0 Å². The minimum atomic E-state index is -0.679. The van der Waals surface area contributed by atoms with Crippen LogP contribution in [0.3, 0.4) is 0 Å². The number of nitrogens with zero attached hydrogens (tertiary/aromatic N) is 2. The van der Waals surface area contributed by atoms with Crippen molar-refractivity contribution in [3.05, 3.63) is 60.4 Å². The molecule has 1 atom stereocenters. The van der Waals surface area contributed by atoms with Crippen LogP contribution in [-0.2, 0) is 20.7 Å². The molecule has 1 aromatic heterocycles. The molecular weight excluding hydrogens is 417 g/mol. The first-order chi connectivity index (χ1) is 15.6. The summed E-state index contributed by atoms with van der Waals surface area (Å²) in [6.07, 6.45) is 2.50. The lowest BCUT2D eigenvalue weighted by Crippen LogP contribution is -2.31. The monoisotopic (exact) mass is 449 g/mol. The number of imidazole rings is 1. The number of ether oxygens (including phenoxy) is 1. The van der Waals surface area contributed by atoms with E-state index in [1.807, 2.05) is 69.3 Å². The van der Waals surface area contributed by atoms with Crippen LogP contribution < -0.4 is 5.32 Å². The smallest absolute Gasteiger partial charge is 0.414 e. The van der Waals surface area contributed by atoms with Gasteiger partial charge in [0.15, 0.2) is 0 Å². The number of ketones is 1. The number of Topliss-reactive ketones (excluding diaryl/α,β-unsaturated/α-hetero) is 1. The van der Waals surface area contributed by atoms with E-state index in [0.29, 0.717) is 19.4 Å². The third-order valence-electron chi connectivity index (χ3n) is 5.25. The van der Waals surface area contributed by atoms with Crippen molar-refractivity contribution in [2.45, 2.75) is 52.5 Å². The Morgan fingerprint density at radius 3 is 2.58 bits per heavy atom. The van der Waals surface area contributed by atoms with Crippen molar-refractivity contribution in [3.63, 3.8) is 0 Å². The van der Waals surface area contributed by atoms with E-state index in [0.717, 1.165) is 22.3 Å². The van der Waals surface area contributed by atoms with Gasteiger partial charge in [-0.15, -0.1) is 0 Å². The number of aromatic nitrogens is 2. The molecule has 1 unspecified atom stereocenters. The maximum Gasteiger partial charge on any atom is 0.414 e. The van der Waals surface area contributed by atoms with Gasteiger partial charge in [-0.2, -0.15) is 0 Å². The highest BCUT2D eigenvalue weighted by Crippen LogP contribution is 2.21. The third kappa shape index (κ3) is 7.19. The summed E-state index contributed by atoms with van der Waals surface area (Å²) >= 11 is 0. The zero-order valence-electron chi connectivity index (χ0n) is 19.7. The second kappa shape index (κ2) is 10.7. The van der Waals surface area contributed by atoms with Crippen LogP contribution in [0, 0.1) is 5.92 Å². The lowest BCUT2D eigenvalue weighted by atomic mass is 9.88. The Kier molecular flexibility index (Phi) is 7.92. The maximum absolute atomic E-state index is 12.8. The summed E-state index contributed by atoms with van der Waals surface area (Å²) in [6, 6.07) is 15.4. The van der Waals surface area contributed by atoms with Crippen molar-refractivity contribution in [2.75, 3.05) is 11.9 Å². The van der Waals surface area contributed by atoms with Gasteiger partial charge in [0.25, 0.3) is 0 Å². The fraction of sp³-hybridized carbons (Fsp3) is 0.400. The number of carbonyl (C=O) groups is 2. The summed E-state index contributed by atoms with van der Waals surface area (Å²) in [5.74, 6) is -0.857. The number of carbonyl (C=O) groups excluding carboxylic acids is 2. The van der Waals surface area contributed by atoms with Crippen molar-refractivity contribution < 1.29 is 19.3 Å².